The molecule has 0 saturated carbocycles. The molecule has 0 spiro atoms. The summed E-state index contributed by atoms with van der Waals surface area (Å²) in [6.07, 6.45) is 0. The molecule has 0 aromatic heterocycles. The molecule has 1 atom stereocenters. The molecule has 2 rings (SSSR count). The lowest BCUT2D eigenvalue weighted by molar-refractivity contribution is 0.0687. The fourth-order valence-corrected chi connectivity index (χ4v) is 1.84. The van der Waals surface area contributed by atoms with Gasteiger partial charge in [0.1, 0.15) is 0 Å². The maximum absolute atomic E-state index is 13.3. The highest BCUT2D eigenvalue weighted by atomic mass is 35.5. The molecule has 0 bridgehead atoms. The predicted octanol–water partition coefficient (Wildman–Crippen LogP) is 4.42. The van der Waals surface area contributed by atoms with Crippen LogP contribution in [0, 0.1) is 12.7 Å². The standard InChI is InChI=1S/C9H7FO4.C7H6ClF/c1-4-2-3-5(8(11)12)7(10)6(4)9(13)14;8-7(9)6-4-2-1-3-5-6/h2-3H,1H3,(H,11,12)(H,13,14);1-5,7H. The van der Waals surface area contributed by atoms with Gasteiger partial charge in [-0.1, -0.05) is 48.0 Å². The van der Waals surface area contributed by atoms with Crippen LogP contribution in [-0.4, -0.2) is 22.2 Å². The number of aryl methyl sites for hydroxylation is 1. The molecule has 2 aromatic rings. The second-order valence-corrected chi connectivity index (χ2v) is 4.82. The molecule has 0 amide bonds. The summed E-state index contributed by atoms with van der Waals surface area (Å²) in [6.45, 7) is 1.40. The molecule has 1 unspecified atom stereocenters. The highest BCUT2D eigenvalue weighted by molar-refractivity contribution is 6.19. The van der Waals surface area contributed by atoms with Crippen LogP contribution in [0.25, 0.3) is 0 Å². The van der Waals surface area contributed by atoms with Crippen molar-refractivity contribution in [2.24, 2.45) is 0 Å². The summed E-state index contributed by atoms with van der Waals surface area (Å²) < 4.78 is 25.5. The largest absolute Gasteiger partial charge is 0.478 e. The van der Waals surface area contributed by atoms with Crippen LogP contribution < -0.4 is 0 Å². The summed E-state index contributed by atoms with van der Waals surface area (Å²) in [5.41, 5.74) is -1.89. The van der Waals surface area contributed by atoms with Gasteiger partial charge in [0, 0.05) is 5.56 Å². The molecule has 2 N–H and O–H groups in total. The van der Waals surface area contributed by atoms with E-state index in [0.717, 1.165) is 6.07 Å². The highest BCUT2D eigenvalue weighted by Crippen LogP contribution is 2.20. The van der Waals surface area contributed by atoms with Gasteiger partial charge in [-0.3, -0.25) is 0 Å². The third-order valence-electron chi connectivity index (χ3n) is 2.85. The van der Waals surface area contributed by atoms with Gasteiger partial charge in [-0.25, -0.2) is 18.4 Å². The predicted molar refractivity (Wildman–Crippen MR) is 81.2 cm³/mol. The first-order valence-corrected chi connectivity index (χ1v) is 6.78. The molecule has 0 saturated heterocycles. The third kappa shape index (κ3) is 5.03. The van der Waals surface area contributed by atoms with Crippen LogP contribution in [-0.2, 0) is 0 Å². The van der Waals surface area contributed by atoms with E-state index in [2.05, 4.69) is 0 Å². The lowest BCUT2D eigenvalue weighted by atomic mass is 10.0. The number of aromatic carboxylic acids is 2. The number of hydrogen-bond donors (Lipinski definition) is 2. The first-order valence-electron chi connectivity index (χ1n) is 6.34. The van der Waals surface area contributed by atoms with Crippen molar-refractivity contribution in [2.75, 3.05) is 0 Å². The summed E-state index contributed by atoms with van der Waals surface area (Å²) in [5, 5.41) is 17.1. The highest BCUT2D eigenvalue weighted by Gasteiger charge is 2.20. The first-order chi connectivity index (χ1) is 10.8. The van der Waals surface area contributed by atoms with Gasteiger partial charge in [0.25, 0.3) is 0 Å². The van der Waals surface area contributed by atoms with Gasteiger partial charge in [-0.05, 0) is 18.6 Å². The number of alkyl halides is 2. The fraction of sp³-hybridized carbons (Fsp3) is 0.125. The maximum atomic E-state index is 13.3. The molecule has 7 heteroatoms. The Kier molecular flexibility index (Phi) is 6.65. The van der Waals surface area contributed by atoms with E-state index in [1.165, 1.54) is 13.0 Å². The van der Waals surface area contributed by atoms with Gasteiger partial charge in [0.05, 0.1) is 11.1 Å². The topological polar surface area (TPSA) is 74.6 Å². The lowest BCUT2D eigenvalue weighted by Crippen LogP contribution is -2.09. The van der Waals surface area contributed by atoms with Gasteiger partial charge in [-0.15, -0.1) is 0 Å². The summed E-state index contributed by atoms with van der Waals surface area (Å²) in [4.78, 5) is 21.1. The van der Waals surface area contributed by atoms with E-state index in [1.807, 2.05) is 6.07 Å². The van der Waals surface area contributed by atoms with Crippen LogP contribution in [0.1, 0.15) is 37.5 Å². The van der Waals surface area contributed by atoms with E-state index in [9.17, 15) is 18.4 Å². The Balaban J connectivity index is 0.000000253. The Morgan fingerprint density at radius 2 is 1.61 bits per heavy atom. The Hall–Kier alpha value is -2.47. The quantitative estimate of drug-likeness (QED) is 0.809. The number of halogens is 3. The molecule has 0 aliphatic rings. The Labute approximate surface area is 135 Å². The fourth-order valence-electron chi connectivity index (χ4n) is 1.70. The summed E-state index contributed by atoms with van der Waals surface area (Å²) in [6, 6.07) is 10.9. The minimum Gasteiger partial charge on any atom is -0.478 e. The van der Waals surface area contributed by atoms with E-state index >= 15 is 0 Å². The molecule has 0 aliphatic heterocycles. The first kappa shape index (κ1) is 18.6. The molecule has 0 aliphatic carbocycles. The van der Waals surface area contributed by atoms with Crippen molar-refractivity contribution in [3.63, 3.8) is 0 Å². The summed E-state index contributed by atoms with van der Waals surface area (Å²) in [5.74, 6) is -4.15. The van der Waals surface area contributed by atoms with E-state index < -0.39 is 34.5 Å². The van der Waals surface area contributed by atoms with Crippen LogP contribution in [0.5, 0.6) is 0 Å². The Bertz CT molecular complexity index is 703. The molecule has 2 aromatic carbocycles. The summed E-state index contributed by atoms with van der Waals surface area (Å²) >= 11 is 5.14. The van der Waals surface area contributed by atoms with E-state index in [4.69, 9.17) is 21.8 Å². The second-order valence-electron chi connectivity index (χ2n) is 4.44. The van der Waals surface area contributed by atoms with E-state index in [-0.39, 0.29) is 5.56 Å². The van der Waals surface area contributed by atoms with E-state index in [1.54, 1.807) is 24.3 Å². The summed E-state index contributed by atoms with van der Waals surface area (Å²) in [7, 11) is 0. The van der Waals surface area contributed by atoms with Crippen molar-refractivity contribution in [3.05, 3.63) is 70.5 Å². The molecule has 0 fully saturated rings. The minimum atomic E-state index is -1.48. The van der Waals surface area contributed by atoms with Crippen molar-refractivity contribution in [3.8, 4) is 0 Å². The third-order valence-corrected chi connectivity index (χ3v) is 3.10. The van der Waals surface area contributed by atoms with Gasteiger partial charge in [-0.2, -0.15) is 0 Å². The Morgan fingerprint density at radius 3 is 2.00 bits per heavy atom. The van der Waals surface area contributed by atoms with Crippen molar-refractivity contribution < 1.29 is 28.6 Å². The number of carboxylic acids is 2. The van der Waals surface area contributed by atoms with Crippen LogP contribution in [0.2, 0.25) is 0 Å². The van der Waals surface area contributed by atoms with E-state index in [0.29, 0.717) is 5.56 Å². The average molecular weight is 343 g/mol. The second kappa shape index (κ2) is 8.24. The molecular formula is C16H13ClF2O4. The molecule has 23 heavy (non-hydrogen) atoms. The number of rotatable bonds is 3. The van der Waals surface area contributed by atoms with Crippen LogP contribution >= 0.6 is 11.6 Å². The average Bonchev–Trinajstić information content (AvgIpc) is 2.48. The zero-order chi connectivity index (χ0) is 17.6. The number of carbonyl (C=O) groups is 2. The molecule has 4 nitrogen and oxygen atoms in total. The zero-order valence-corrected chi connectivity index (χ0v) is 12.7. The normalized spacial score (nSPS) is 11.1. The zero-order valence-electron chi connectivity index (χ0n) is 12.0. The maximum Gasteiger partial charge on any atom is 0.338 e. The molecule has 122 valence electrons. The minimum absolute atomic E-state index is 0.194. The smallest absolute Gasteiger partial charge is 0.338 e. The number of benzene rings is 2. The van der Waals surface area contributed by atoms with Gasteiger partial charge >= 0.3 is 11.9 Å². The van der Waals surface area contributed by atoms with Gasteiger partial charge in [0.2, 0.25) is 0 Å². The number of carboxylic acid groups (broad SMARTS) is 2. The Morgan fingerprint density at radius 1 is 1.04 bits per heavy atom. The van der Waals surface area contributed by atoms with Crippen LogP contribution in [0.15, 0.2) is 42.5 Å². The van der Waals surface area contributed by atoms with Crippen molar-refractivity contribution in [1.29, 1.82) is 0 Å². The molecular weight excluding hydrogens is 330 g/mol. The van der Waals surface area contributed by atoms with Gasteiger partial charge in [0.15, 0.2) is 11.4 Å². The van der Waals surface area contributed by atoms with Gasteiger partial charge < -0.3 is 10.2 Å². The molecule has 0 radical (unpaired) electrons. The van der Waals surface area contributed by atoms with Crippen molar-refractivity contribution in [1.82, 2.24) is 0 Å². The molecule has 0 heterocycles. The SMILES string of the molecule is Cc1ccc(C(=O)O)c(F)c1C(=O)O.FC(Cl)c1ccccc1. The lowest BCUT2D eigenvalue weighted by Gasteiger charge is -2.04. The monoisotopic (exact) mass is 342 g/mol. The number of hydrogen-bond acceptors (Lipinski definition) is 2. The van der Waals surface area contributed by atoms with Crippen LogP contribution in [0.3, 0.4) is 0 Å². The van der Waals surface area contributed by atoms with Crippen molar-refractivity contribution in [2.45, 2.75) is 12.6 Å². The van der Waals surface area contributed by atoms with Crippen molar-refractivity contribution >= 4 is 23.5 Å². The van der Waals surface area contributed by atoms with Crippen LogP contribution in [0.4, 0.5) is 8.78 Å².